The predicted octanol–water partition coefficient (Wildman–Crippen LogP) is 1.42. The lowest BCUT2D eigenvalue weighted by Crippen LogP contribution is -1.97. The van der Waals surface area contributed by atoms with Crippen molar-refractivity contribution in [2.75, 3.05) is 5.73 Å². The highest BCUT2D eigenvalue weighted by Gasteiger charge is 2.10. The molecule has 0 aliphatic rings. The van der Waals surface area contributed by atoms with Crippen LogP contribution in [0.4, 0.5) is 5.69 Å². The molecule has 0 bridgehead atoms. The van der Waals surface area contributed by atoms with E-state index in [1.807, 2.05) is 14.0 Å². The highest BCUT2D eigenvalue weighted by Crippen LogP contribution is 2.25. The van der Waals surface area contributed by atoms with Crippen molar-refractivity contribution in [3.8, 4) is 11.3 Å². The van der Waals surface area contributed by atoms with Crippen LogP contribution in [0.1, 0.15) is 5.69 Å². The fraction of sp³-hybridized carbons (Fsp3) is 0.222. The lowest BCUT2D eigenvalue weighted by molar-refractivity contribution is 0.719. The zero-order valence-electron chi connectivity index (χ0n) is 8.40. The van der Waals surface area contributed by atoms with Gasteiger partial charge in [-0.05, 0) is 13.0 Å². The molecule has 2 aromatic heterocycles. The van der Waals surface area contributed by atoms with E-state index in [9.17, 15) is 0 Å². The van der Waals surface area contributed by atoms with Gasteiger partial charge in [0.15, 0.2) is 5.15 Å². The maximum absolute atomic E-state index is 5.75. The van der Waals surface area contributed by atoms with Crippen LogP contribution in [0.15, 0.2) is 12.3 Å². The summed E-state index contributed by atoms with van der Waals surface area (Å²) in [6.07, 6.45) is 1.66. The van der Waals surface area contributed by atoms with E-state index in [1.54, 1.807) is 16.9 Å². The van der Waals surface area contributed by atoms with Gasteiger partial charge >= 0.3 is 0 Å². The van der Waals surface area contributed by atoms with Gasteiger partial charge in [-0.25, -0.2) is 9.67 Å². The van der Waals surface area contributed by atoms with Gasteiger partial charge in [0, 0.05) is 18.8 Å². The van der Waals surface area contributed by atoms with Crippen molar-refractivity contribution in [2.45, 2.75) is 6.92 Å². The molecule has 0 saturated carbocycles. The molecule has 0 atom stereocenters. The first-order valence-corrected chi connectivity index (χ1v) is 4.75. The lowest BCUT2D eigenvalue weighted by Gasteiger charge is -2.03. The van der Waals surface area contributed by atoms with Crippen LogP contribution in [-0.2, 0) is 7.05 Å². The van der Waals surface area contributed by atoms with E-state index in [4.69, 9.17) is 17.3 Å². The Bertz CT molecular complexity index is 486. The van der Waals surface area contributed by atoms with E-state index in [1.165, 1.54) is 0 Å². The number of anilines is 1. The fourth-order valence-corrected chi connectivity index (χ4v) is 1.55. The summed E-state index contributed by atoms with van der Waals surface area (Å²) in [5.41, 5.74) is 8.73. The lowest BCUT2D eigenvalue weighted by atomic mass is 10.1. The molecule has 2 N–H and O–H groups in total. The van der Waals surface area contributed by atoms with Gasteiger partial charge in [-0.2, -0.15) is 0 Å². The highest BCUT2D eigenvalue weighted by atomic mass is 35.5. The summed E-state index contributed by atoms with van der Waals surface area (Å²) in [6, 6.07) is 1.76. The van der Waals surface area contributed by atoms with Crippen molar-refractivity contribution in [1.29, 1.82) is 0 Å². The summed E-state index contributed by atoms with van der Waals surface area (Å²) in [5, 5.41) is 8.18. The summed E-state index contributed by atoms with van der Waals surface area (Å²) in [4.78, 5) is 3.99. The second-order valence-corrected chi connectivity index (χ2v) is 3.61. The maximum atomic E-state index is 5.75. The molecule has 0 spiro atoms. The molecular formula is C9H10ClN5. The number of nitrogens with zero attached hydrogens (tertiary/aromatic N) is 4. The van der Waals surface area contributed by atoms with Gasteiger partial charge in [0.25, 0.3) is 0 Å². The highest BCUT2D eigenvalue weighted by molar-refractivity contribution is 6.31. The second-order valence-electron chi connectivity index (χ2n) is 3.25. The van der Waals surface area contributed by atoms with E-state index in [0.29, 0.717) is 10.8 Å². The minimum absolute atomic E-state index is 0.312. The standard InChI is InChI=1S/C9H10ClN5/c1-5-8(15(2)14-13-5)6-3-7(11)9(10)12-4-6/h3-4H,11H2,1-2H3. The Labute approximate surface area is 91.9 Å². The number of aromatic nitrogens is 4. The Balaban J connectivity index is 2.59. The molecule has 6 heteroatoms. The fourth-order valence-electron chi connectivity index (χ4n) is 1.45. The van der Waals surface area contributed by atoms with Crippen LogP contribution in [-0.4, -0.2) is 20.0 Å². The predicted molar refractivity (Wildman–Crippen MR) is 58.4 cm³/mol. The largest absolute Gasteiger partial charge is 0.396 e. The van der Waals surface area contributed by atoms with Gasteiger partial charge in [-0.3, -0.25) is 0 Å². The molecule has 0 fully saturated rings. The van der Waals surface area contributed by atoms with Gasteiger partial charge in [-0.1, -0.05) is 16.8 Å². The average Bonchev–Trinajstić information content (AvgIpc) is 2.52. The minimum atomic E-state index is 0.312. The molecule has 78 valence electrons. The topological polar surface area (TPSA) is 69.6 Å². The first-order chi connectivity index (χ1) is 7.09. The number of hydrogen-bond acceptors (Lipinski definition) is 4. The zero-order chi connectivity index (χ0) is 11.0. The van der Waals surface area contributed by atoms with Crippen molar-refractivity contribution in [3.63, 3.8) is 0 Å². The number of hydrogen-bond donors (Lipinski definition) is 1. The first-order valence-electron chi connectivity index (χ1n) is 4.37. The molecule has 0 aliphatic carbocycles. The van der Waals surface area contributed by atoms with Crippen molar-refractivity contribution < 1.29 is 0 Å². The Morgan fingerprint density at radius 1 is 1.47 bits per heavy atom. The smallest absolute Gasteiger partial charge is 0.151 e. The molecule has 0 aliphatic heterocycles. The number of aryl methyl sites for hydroxylation is 2. The van der Waals surface area contributed by atoms with Crippen molar-refractivity contribution in [2.24, 2.45) is 7.05 Å². The molecule has 0 unspecified atom stereocenters. The summed E-state index contributed by atoms with van der Waals surface area (Å²) in [5.74, 6) is 0. The number of halogens is 1. The van der Waals surface area contributed by atoms with Crippen LogP contribution in [0.3, 0.4) is 0 Å². The molecule has 5 nitrogen and oxygen atoms in total. The summed E-state index contributed by atoms with van der Waals surface area (Å²) >= 11 is 5.75. The Kier molecular flexibility index (Phi) is 2.32. The third-order valence-electron chi connectivity index (χ3n) is 2.13. The van der Waals surface area contributed by atoms with E-state index in [-0.39, 0.29) is 0 Å². The molecule has 2 rings (SSSR count). The molecule has 15 heavy (non-hydrogen) atoms. The number of rotatable bonds is 1. The number of pyridine rings is 1. The molecule has 2 heterocycles. The number of nitrogen functional groups attached to an aromatic ring is 1. The quantitative estimate of drug-likeness (QED) is 0.743. The number of nitrogens with two attached hydrogens (primary N) is 1. The van der Waals surface area contributed by atoms with Crippen LogP contribution >= 0.6 is 11.6 Å². The zero-order valence-corrected chi connectivity index (χ0v) is 9.15. The summed E-state index contributed by atoms with van der Waals surface area (Å²) in [6.45, 7) is 1.88. The monoisotopic (exact) mass is 223 g/mol. The summed E-state index contributed by atoms with van der Waals surface area (Å²) < 4.78 is 1.68. The van der Waals surface area contributed by atoms with E-state index in [2.05, 4.69) is 15.3 Å². The van der Waals surface area contributed by atoms with E-state index in [0.717, 1.165) is 17.0 Å². The molecule has 2 aromatic rings. The second kappa shape index (κ2) is 3.51. The van der Waals surface area contributed by atoms with Gasteiger partial charge in [0.05, 0.1) is 17.1 Å². The van der Waals surface area contributed by atoms with Crippen molar-refractivity contribution in [3.05, 3.63) is 23.1 Å². The average molecular weight is 224 g/mol. The van der Waals surface area contributed by atoms with Gasteiger partial charge in [0.1, 0.15) is 0 Å². The van der Waals surface area contributed by atoms with E-state index >= 15 is 0 Å². The third kappa shape index (κ3) is 1.66. The van der Waals surface area contributed by atoms with Gasteiger partial charge in [0.2, 0.25) is 0 Å². The maximum Gasteiger partial charge on any atom is 0.151 e. The normalized spacial score (nSPS) is 10.6. The van der Waals surface area contributed by atoms with Gasteiger partial charge in [-0.15, -0.1) is 5.10 Å². The first kappa shape index (κ1) is 9.92. The van der Waals surface area contributed by atoms with Gasteiger partial charge < -0.3 is 5.73 Å². The minimum Gasteiger partial charge on any atom is -0.396 e. The molecular weight excluding hydrogens is 214 g/mol. The van der Waals surface area contributed by atoms with Crippen molar-refractivity contribution >= 4 is 17.3 Å². The van der Waals surface area contributed by atoms with Crippen LogP contribution in [0, 0.1) is 6.92 Å². The van der Waals surface area contributed by atoms with E-state index < -0.39 is 0 Å². The molecule has 0 aromatic carbocycles. The van der Waals surface area contributed by atoms with Crippen molar-refractivity contribution in [1.82, 2.24) is 20.0 Å². The Morgan fingerprint density at radius 3 is 2.73 bits per heavy atom. The molecule has 0 saturated heterocycles. The molecule has 0 radical (unpaired) electrons. The van der Waals surface area contributed by atoms with Crippen LogP contribution < -0.4 is 5.73 Å². The third-order valence-corrected chi connectivity index (χ3v) is 2.45. The Morgan fingerprint density at radius 2 is 2.20 bits per heavy atom. The van der Waals surface area contributed by atoms with Crippen LogP contribution in [0.2, 0.25) is 5.15 Å². The molecule has 0 amide bonds. The SMILES string of the molecule is Cc1nnn(C)c1-c1cnc(Cl)c(N)c1. The van der Waals surface area contributed by atoms with Crippen LogP contribution in [0.5, 0.6) is 0 Å². The summed E-state index contributed by atoms with van der Waals surface area (Å²) in [7, 11) is 1.82. The van der Waals surface area contributed by atoms with Crippen LogP contribution in [0.25, 0.3) is 11.3 Å². The Hall–Kier alpha value is -1.62.